The molecule has 2 heterocycles. The maximum absolute atomic E-state index is 12.4. The number of carbonyl (C=O) groups is 1. The molecular weight excluding hydrogens is 314 g/mol. The van der Waals surface area contributed by atoms with Crippen LogP contribution in [-0.2, 0) is 11.2 Å². The van der Waals surface area contributed by atoms with Gasteiger partial charge < -0.3 is 4.74 Å². The molecule has 0 N–H and O–H groups in total. The molecule has 0 radical (unpaired) electrons. The number of rotatable bonds is 4. The van der Waals surface area contributed by atoms with Crippen molar-refractivity contribution in [1.29, 1.82) is 0 Å². The van der Waals surface area contributed by atoms with E-state index in [1.54, 1.807) is 9.58 Å². The van der Waals surface area contributed by atoms with Crippen LogP contribution in [0, 0.1) is 6.92 Å². The summed E-state index contributed by atoms with van der Waals surface area (Å²) in [6.45, 7) is 2.31. The molecule has 5 nitrogen and oxygen atoms in total. The van der Waals surface area contributed by atoms with Crippen molar-refractivity contribution in [2.45, 2.75) is 19.4 Å². The summed E-state index contributed by atoms with van der Waals surface area (Å²) in [6.07, 6.45) is 0.420. The highest BCUT2D eigenvalue weighted by molar-refractivity contribution is 5.89. The SMILES string of the molecule is Cc1cc(N2C(=O)OC[C@@H]2Cc2ccccc2)n(-c2ccccc2)n1. The van der Waals surface area contributed by atoms with Crippen molar-refractivity contribution in [3.8, 4) is 5.69 Å². The number of para-hydroxylation sites is 1. The van der Waals surface area contributed by atoms with Gasteiger partial charge in [-0.05, 0) is 31.0 Å². The molecule has 1 saturated heterocycles. The van der Waals surface area contributed by atoms with E-state index in [1.165, 1.54) is 5.56 Å². The Hall–Kier alpha value is -3.08. The Kier molecular flexibility index (Phi) is 3.98. The van der Waals surface area contributed by atoms with Gasteiger partial charge in [-0.25, -0.2) is 9.48 Å². The van der Waals surface area contributed by atoms with Gasteiger partial charge in [-0.1, -0.05) is 48.5 Å². The van der Waals surface area contributed by atoms with Crippen LogP contribution in [0.2, 0.25) is 0 Å². The van der Waals surface area contributed by atoms with Gasteiger partial charge in [0.25, 0.3) is 0 Å². The Morgan fingerprint density at radius 2 is 1.76 bits per heavy atom. The second-order valence-corrected chi connectivity index (χ2v) is 6.18. The quantitative estimate of drug-likeness (QED) is 0.730. The minimum absolute atomic E-state index is 0.0477. The Morgan fingerprint density at radius 3 is 2.48 bits per heavy atom. The van der Waals surface area contributed by atoms with E-state index in [4.69, 9.17) is 4.74 Å². The number of amides is 1. The minimum Gasteiger partial charge on any atom is -0.447 e. The maximum Gasteiger partial charge on any atom is 0.415 e. The van der Waals surface area contributed by atoms with Gasteiger partial charge in [0.05, 0.1) is 17.4 Å². The van der Waals surface area contributed by atoms with Crippen molar-refractivity contribution in [2.24, 2.45) is 0 Å². The van der Waals surface area contributed by atoms with Crippen LogP contribution in [-0.4, -0.2) is 28.5 Å². The number of ether oxygens (including phenoxy) is 1. The fraction of sp³-hybridized carbons (Fsp3) is 0.200. The Balaban J connectivity index is 1.71. The second-order valence-electron chi connectivity index (χ2n) is 6.18. The first-order valence-electron chi connectivity index (χ1n) is 8.34. The zero-order valence-corrected chi connectivity index (χ0v) is 14.0. The van der Waals surface area contributed by atoms with E-state index in [-0.39, 0.29) is 12.1 Å². The van der Waals surface area contributed by atoms with Gasteiger partial charge in [0.2, 0.25) is 0 Å². The van der Waals surface area contributed by atoms with Crippen molar-refractivity contribution in [1.82, 2.24) is 9.78 Å². The van der Waals surface area contributed by atoms with Crippen LogP contribution in [0.25, 0.3) is 5.69 Å². The van der Waals surface area contributed by atoms with Crippen LogP contribution in [0.3, 0.4) is 0 Å². The fourth-order valence-electron chi connectivity index (χ4n) is 3.19. The summed E-state index contributed by atoms with van der Waals surface area (Å²) < 4.78 is 7.16. The van der Waals surface area contributed by atoms with Crippen LogP contribution < -0.4 is 4.90 Å². The lowest BCUT2D eigenvalue weighted by atomic mass is 10.1. The molecule has 4 rings (SSSR count). The molecule has 1 atom stereocenters. The normalized spacial score (nSPS) is 16.9. The molecule has 0 spiro atoms. The third-order valence-corrected chi connectivity index (χ3v) is 4.34. The Bertz CT molecular complexity index is 874. The van der Waals surface area contributed by atoms with E-state index in [0.29, 0.717) is 6.61 Å². The summed E-state index contributed by atoms with van der Waals surface area (Å²) >= 11 is 0. The fourth-order valence-corrected chi connectivity index (χ4v) is 3.19. The second kappa shape index (κ2) is 6.43. The van der Waals surface area contributed by atoms with Gasteiger partial charge in [0, 0.05) is 6.07 Å². The van der Waals surface area contributed by atoms with Crippen molar-refractivity contribution < 1.29 is 9.53 Å². The van der Waals surface area contributed by atoms with E-state index < -0.39 is 0 Å². The van der Waals surface area contributed by atoms with Gasteiger partial charge in [0.1, 0.15) is 12.4 Å². The first-order chi connectivity index (χ1) is 12.2. The summed E-state index contributed by atoms with van der Waals surface area (Å²) in [5.41, 5.74) is 2.96. The van der Waals surface area contributed by atoms with Crippen LogP contribution in [0.1, 0.15) is 11.3 Å². The highest BCUT2D eigenvalue weighted by Gasteiger charge is 2.36. The predicted octanol–water partition coefficient (Wildman–Crippen LogP) is 3.75. The highest BCUT2D eigenvalue weighted by atomic mass is 16.6. The van der Waals surface area contributed by atoms with Crippen molar-refractivity contribution in [2.75, 3.05) is 11.5 Å². The average molecular weight is 333 g/mol. The highest BCUT2D eigenvalue weighted by Crippen LogP contribution is 2.28. The molecule has 2 aromatic carbocycles. The average Bonchev–Trinajstić information content (AvgIpc) is 3.19. The minimum atomic E-state index is -0.321. The first-order valence-corrected chi connectivity index (χ1v) is 8.34. The molecule has 3 aromatic rings. The first kappa shape index (κ1) is 15.4. The molecular formula is C20H19N3O2. The van der Waals surface area contributed by atoms with Gasteiger partial charge >= 0.3 is 6.09 Å². The van der Waals surface area contributed by atoms with Crippen LogP contribution in [0.4, 0.5) is 10.6 Å². The summed E-state index contributed by atoms with van der Waals surface area (Å²) in [4.78, 5) is 14.2. The Morgan fingerprint density at radius 1 is 1.08 bits per heavy atom. The van der Waals surface area contributed by atoms with Crippen molar-refractivity contribution in [3.63, 3.8) is 0 Å². The van der Waals surface area contributed by atoms with Crippen molar-refractivity contribution in [3.05, 3.63) is 78.0 Å². The summed E-state index contributed by atoms with van der Waals surface area (Å²) in [6, 6.07) is 21.9. The Labute approximate surface area is 146 Å². The molecule has 5 heteroatoms. The summed E-state index contributed by atoms with van der Waals surface area (Å²) in [5.74, 6) is 0.743. The number of aromatic nitrogens is 2. The monoisotopic (exact) mass is 333 g/mol. The van der Waals surface area contributed by atoms with E-state index in [2.05, 4.69) is 17.2 Å². The number of hydrogen-bond acceptors (Lipinski definition) is 3. The molecule has 0 bridgehead atoms. The lowest BCUT2D eigenvalue weighted by Gasteiger charge is -2.22. The number of benzene rings is 2. The molecule has 1 aliphatic heterocycles. The van der Waals surface area contributed by atoms with Gasteiger partial charge in [-0.2, -0.15) is 5.10 Å². The maximum atomic E-state index is 12.4. The standard InChI is InChI=1S/C20H19N3O2/c1-15-12-19(23(21-15)17-10-6-3-7-11-17)22-18(14-25-20(22)24)13-16-8-4-2-5-9-16/h2-12,18H,13-14H2,1H3/t18-/m0/s1. The van der Waals surface area contributed by atoms with E-state index in [1.807, 2.05) is 61.5 Å². The topological polar surface area (TPSA) is 47.4 Å². The largest absolute Gasteiger partial charge is 0.447 e. The van der Waals surface area contributed by atoms with Gasteiger partial charge in [-0.3, -0.25) is 4.90 Å². The van der Waals surface area contributed by atoms with Gasteiger partial charge in [-0.15, -0.1) is 0 Å². The third kappa shape index (κ3) is 3.01. The van der Waals surface area contributed by atoms with Crippen LogP contribution in [0.5, 0.6) is 0 Å². The van der Waals surface area contributed by atoms with Gasteiger partial charge in [0.15, 0.2) is 0 Å². The van der Waals surface area contributed by atoms with E-state index in [9.17, 15) is 4.79 Å². The molecule has 1 aromatic heterocycles. The smallest absolute Gasteiger partial charge is 0.415 e. The number of anilines is 1. The molecule has 0 unspecified atom stereocenters. The van der Waals surface area contributed by atoms with Crippen LogP contribution in [0.15, 0.2) is 66.7 Å². The molecule has 126 valence electrons. The lowest BCUT2D eigenvalue weighted by molar-refractivity contribution is 0.178. The number of cyclic esters (lactones) is 1. The number of nitrogens with zero attached hydrogens (tertiary/aromatic N) is 3. The molecule has 1 amide bonds. The van der Waals surface area contributed by atoms with Crippen molar-refractivity contribution >= 4 is 11.9 Å². The molecule has 1 aliphatic rings. The zero-order valence-electron chi connectivity index (χ0n) is 14.0. The number of carbonyl (C=O) groups excluding carboxylic acids is 1. The van der Waals surface area contributed by atoms with E-state index in [0.717, 1.165) is 23.6 Å². The predicted molar refractivity (Wildman–Crippen MR) is 96.1 cm³/mol. The number of hydrogen-bond donors (Lipinski definition) is 0. The van der Waals surface area contributed by atoms with Crippen LogP contribution >= 0.6 is 0 Å². The summed E-state index contributed by atoms with van der Waals surface area (Å²) in [7, 11) is 0. The summed E-state index contributed by atoms with van der Waals surface area (Å²) in [5, 5.41) is 4.57. The number of aryl methyl sites for hydroxylation is 1. The molecule has 1 fully saturated rings. The lowest BCUT2D eigenvalue weighted by Crippen LogP contribution is -2.36. The molecule has 0 saturated carbocycles. The zero-order chi connectivity index (χ0) is 17.2. The molecule has 0 aliphatic carbocycles. The van der Waals surface area contributed by atoms with E-state index >= 15 is 0 Å². The molecule has 25 heavy (non-hydrogen) atoms. The third-order valence-electron chi connectivity index (χ3n) is 4.34.